The molecule has 0 aliphatic rings. The SMILES string of the molecule is O=S(=O)([O-])[O-].O=S(=O)([O-])[O-].O=S(=O)([O-])[O-].O=[N+]([O-])[O-].O=[N+]([O-])[O-].O=[N+]([O-])[O-].[Al+3].[Al+3].[Al+3].[Al+3].[OH-].[OH-].[OH-]. The molecule has 0 atom stereocenters. The molecule has 27 nitrogen and oxygen atoms in total. The van der Waals surface area contributed by atoms with Crippen LogP contribution in [0, 0.1) is 46.0 Å². The van der Waals surface area contributed by atoms with Crippen LogP contribution < -0.4 is 0 Å². The standard InChI is InChI=1S/4Al.3NO3.3H2O4S.3H2O/c;;;;3*2-1(3)4;3*1-5(2,3)4;;;/h;;;;;;;3*(H2,1,2,3,4);3*1H2/q4*+3;3*-1;;;;;;/p-9. The molecule has 0 aromatic rings. The average Bonchev–Trinajstić information content (AvgIpc) is 2.01. The summed E-state index contributed by atoms with van der Waals surface area (Å²) in [6.45, 7) is 0. The van der Waals surface area contributed by atoms with Crippen molar-refractivity contribution < 1.29 is 84.3 Å². The molecule has 0 unspecified atom stereocenters. The molecule has 0 saturated carbocycles. The molecule has 3 N–H and O–H groups in total. The van der Waals surface area contributed by atoms with Gasteiger partial charge in [-0.2, -0.15) is 0 Å². The van der Waals surface area contributed by atoms with E-state index in [1.807, 2.05) is 0 Å². The van der Waals surface area contributed by atoms with Crippen molar-refractivity contribution in [2.45, 2.75) is 0 Å². The molecule has 0 saturated heterocycles. The topological polar surface area (TPSA) is 529 Å². The second kappa shape index (κ2) is 45.7. The summed E-state index contributed by atoms with van der Waals surface area (Å²) >= 11 is 0. The third-order valence-corrected chi connectivity index (χ3v) is 0. The Kier molecular flexibility index (Phi) is 113. The minimum absolute atomic E-state index is 0. The Morgan fingerprint density at radius 1 is 0.353 bits per heavy atom. The van der Waals surface area contributed by atoms with E-state index < -0.39 is 46.5 Å². The van der Waals surface area contributed by atoms with E-state index in [-0.39, 0.29) is 85.9 Å². The van der Waals surface area contributed by atoms with Crippen LogP contribution in [0.25, 0.3) is 0 Å². The van der Waals surface area contributed by atoms with Crippen molar-refractivity contribution in [2.75, 3.05) is 0 Å². The van der Waals surface area contributed by atoms with Gasteiger partial charge in [0.05, 0.1) is 15.3 Å². The van der Waals surface area contributed by atoms with Crippen LogP contribution in [0.15, 0.2) is 0 Å². The minimum Gasteiger partial charge on any atom is -0.870 e. The maximum Gasteiger partial charge on any atom is 3.00 e. The predicted octanol–water partition coefficient (Wildman–Crippen LogP) is -6.78. The quantitative estimate of drug-likeness (QED) is 0.0786. The smallest absolute Gasteiger partial charge is 0.870 e. The number of rotatable bonds is 0. The van der Waals surface area contributed by atoms with Crippen molar-refractivity contribution in [1.29, 1.82) is 0 Å². The van der Waals surface area contributed by atoms with Crippen LogP contribution in [-0.2, 0) is 31.2 Å². The second-order valence-corrected chi connectivity index (χ2v) is 4.35. The van der Waals surface area contributed by atoms with Gasteiger partial charge in [-0.15, -0.1) is 0 Å². The molecule has 192 valence electrons. The van der Waals surface area contributed by atoms with Gasteiger partial charge in [0, 0.05) is 31.2 Å². The Labute approximate surface area is 229 Å². The first-order valence-corrected chi connectivity index (χ1v) is 7.64. The maximum absolute atomic E-state index is 8.52. The van der Waals surface area contributed by atoms with Crippen molar-refractivity contribution in [3.8, 4) is 0 Å². The van der Waals surface area contributed by atoms with Gasteiger partial charge < -0.3 is 89.7 Å². The Morgan fingerprint density at radius 3 is 0.353 bits per heavy atom. The summed E-state index contributed by atoms with van der Waals surface area (Å²) in [4.78, 5) is 24.8. The molecule has 0 spiro atoms. The van der Waals surface area contributed by atoms with Crippen molar-refractivity contribution in [2.24, 2.45) is 0 Å². The Morgan fingerprint density at radius 2 is 0.353 bits per heavy atom. The van der Waals surface area contributed by atoms with E-state index in [1.165, 1.54) is 0 Å². The number of hydrogen-bond donors (Lipinski definition) is 0. The summed E-state index contributed by atoms with van der Waals surface area (Å²) in [7, 11) is -15.5. The van der Waals surface area contributed by atoms with Gasteiger partial charge >= 0.3 is 69.4 Å². The van der Waals surface area contributed by atoms with Gasteiger partial charge in [0.1, 0.15) is 0 Å². The van der Waals surface area contributed by atoms with Crippen LogP contribution in [0.5, 0.6) is 0 Å². The predicted molar refractivity (Wildman–Crippen MR) is 91.3 cm³/mol. The molecular weight excluding hydrogens is 630 g/mol. The number of hydrogen-bond acceptors (Lipinski definition) is 24. The fourth-order valence-electron chi connectivity index (χ4n) is 0. The molecule has 0 aliphatic carbocycles. The first kappa shape index (κ1) is 84.4. The fraction of sp³-hybridized carbons (Fsp3) is 0. The number of nitrogens with zero attached hydrogens (tertiary/aromatic N) is 3. The van der Waals surface area contributed by atoms with E-state index >= 15 is 0 Å². The van der Waals surface area contributed by atoms with Crippen LogP contribution in [0.3, 0.4) is 0 Å². The van der Waals surface area contributed by atoms with Gasteiger partial charge in [0.25, 0.3) is 0 Å². The summed E-state index contributed by atoms with van der Waals surface area (Å²) in [6.07, 6.45) is 0. The summed E-state index contributed by atoms with van der Waals surface area (Å²) < 4.78 is 102. The van der Waals surface area contributed by atoms with E-state index in [9.17, 15) is 0 Å². The van der Waals surface area contributed by atoms with Gasteiger partial charge in [-0.05, 0) is 0 Å². The fourth-order valence-corrected chi connectivity index (χ4v) is 0. The van der Waals surface area contributed by atoms with Gasteiger partial charge in [-0.3, -0.25) is 25.3 Å². The molecule has 0 rings (SSSR count). The van der Waals surface area contributed by atoms with E-state index in [0.29, 0.717) is 0 Å². The molecule has 0 aromatic carbocycles. The van der Waals surface area contributed by atoms with Crippen LogP contribution in [-0.4, -0.2) is 154 Å². The normalized spacial score (nSPS) is 7.24. The first-order chi connectivity index (χ1) is 11.2. The van der Waals surface area contributed by atoms with Crippen LogP contribution in [0.1, 0.15) is 0 Å². The Hall–Kier alpha value is -0.780. The van der Waals surface area contributed by atoms with Crippen LogP contribution in [0.2, 0.25) is 0 Å². The van der Waals surface area contributed by atoms with Crippen molar-refractivity contribution in [1.82, 2.24) is 0 Å². The summed E-state index contributed by atoms with van der Waals surface area (Å²) in [5.74, 6) is 0. The monoisotopic (exact) mass is 633 g/mol. The summed E-state index contributed by atoms with van der Waals surface area (Å²) in [5, 5.41) is 44.2. The van der Waals surface area contributed by atoms with E-state index in [0.717, 1.165) is 0 Å². The largest absolute Gasteiger partial charge is 3.00 e. The average molecular weight is 633 g/mol. The molecule has 0 aliphatic heterocycles. The molecule has 0 amide bonds. The molecule has 0 radical (unpaired) electrons. The second-order valence-electron chi connectivity index (χ2n) is 1.90. The van der Waals surface area contributed by atoms with E-state index in [1.54, 1.807) is 0 Å². The van der Waals surface area contributed by atoms with Crippen molar-refractivity contribution in [3.63, 3.8) is 0 Å². The first-order valence-electron chi connectivity index (χ1n) is 3.64. The van der Waals surface area contributed by atoms with E-state index in [4.69, 9.17) is 98.5 Å². The zero-order chi connectivity index (χ0) is 24.2. The molecule has 0 fully saturated rings. The molecule has 0 heterocycles. The van der Waals surface area contributed by atoms with Gasteiger partial charge in [-0.1, -0.05) is 0 Å². The Bertz CT molecular complexity index is 573. The molecule has 34 heteroatoms. The van der Waals surface area contributed by atoms with Gasteiger partial charge in [-0.25, -0.2) is 0 Å². The molecule has 0 aromatic heterocycles. The molecule has 34 heavy (non-hydrogen) atoms. The maximum atomic E-state index is 8.52. The van der Waals surface area contributed by atoms with Gasteiger partial charge in [0.15, 0.2) is 0 Å². The molecular formula is H3Al4N3O24S3. The third-order valence-electron chi connectivity index (χ3n) is 0. The zero-order valence-corrected chi connectivity index (χ0v) is 21.9. The van der Waals surface area contributed by atoms with Crippen LogP contribution >= 0.6 is 0 Å². The summed E-state index contributed by atoms with van der Waals surface area (Å²) in [6, 6.07) is 0. The minimum atomic E-state index is -5.17. The van der Waals surface area contributed by atoms with Crippen LogP contribution in [0.4, 0.5) is 0 Å². The van der Waals surface area contributed by atoms with Gasteiger partial charge in [0.2, 0.25) is 0 Å². The zero-order valence-electron chi connectivity index (χ0n) is 14.8. The summed E-state index contributed by atoms with van der Waals surface area (Å²) in [5.41, 5.74) is 0. The van der Waals surface area contributed by atoms with E-state index in [2.05, 4.69) is 0 Å². The van der Waals surface area contributed by atoms with Crippen molar-refractivity contribution >= 4 is 101 Å². The Balaban J connectivity index is -0.0000000136. The third kappa shape index (κ3) is 46800. The molecule has 0 bridgehead atoms. The van der Waals surface area contributed by atoms with Crippen molar-refractivity contribution in [3.05, 3.63) is 46.0 Å².